The second-order valence-corrected chi connectivity index (χ2v) is 14.5. The van der Waals surface area contributed by atoms with Crippen molar-refractivity contribution in [2.75, 3.05) is 0 Å². The quantitative estimate of drug-likeness (QED) is 0.186. The Labute approximate surface area is 305 Å². The van der Waals surface area contributed by atoms with Gasteiger partial charge in [0.2, 0.25) is 0 Å². The van der Waals surface area contributed by atoms with Crippen LogP contribution in [0.25, 0.3) is 94.7 Å². The maximum atomic E-state index is 6.44. The molecule has 0 atom stereocenters. The van der Waals surface area contributed by atoms with Crippen molar-refractivity contribution < 1.29 is 4.42 Å². The van der Waals surface area contributed by atoms with Gasteiger partial charge in [-0.05, 0) is 76.9 Å². The largest absolute Gasteiger partial charge is 0.456 e. The summed E-state index contributed by atoms with van der Waals surface area (Å²) in [5.41, 5.74) is 13.2. The molecule has 1 aliphatic rings. The van der Waals surface area contributed by atoms with Gasteiger partial charge in [-0.15, -0.1) is 0 Å². The summed E-state index contributed by atoms with van der Waals surface area (Å²) < 4.78 is 8.85. The second-order valence-electron chi connectivity index (χ2n) is 14.5. The molecule has 0 spiro atoms. The van der Waals surface area contributed by atoms with E-state index in [4.69, 9.17) is 19.4 Å². The molecule has 0 bridgehead atoms. The van der Waals surface area contributed by atoms with Gasteiger partial charge in [0.15, 0.2) is 17.5 Å². The summed E-state index contributed by atoms with van der Waals surface area (Å²) in [4.78, 5) is 14.9. The average Bonchev–Trinajstić information content (AvgIpc) is 3.82. The molecule has 0 aliphatic heterocycles. The number of nitrogens with zero attached hydrogens (tertiary/aromatic N) is 4. The lowest BCUT2D eigenvalue weighted by Crippen LogP contribution is -2.14. The van der Waals surface area contributed by atoms with Gasteiger partial charge in [-0.1, -0.05) is 117 Å². The lowest BCUT2D eigenvalue weighted by atomic mass is 9.82. The predicted molar refractivity (Wildman–Crippen MR) is 215 cm³/mol. The molecular formula is C48H32N4O. The highest BCUT2D eigenvalue weighted by atomic mass is 16.3. The Hall–Kier alpha value is -6.85. The summed E-state index contributed by atoms with van der Waals surface area (Å²) in [6, 6.07) is 55.4. The highest BCUT2D eigenvalue weighted by Crippen LogP contribution is 2.51. The number of hydrogen-bond donors (Lipinski definition) is 0. The molecule has 5 heteroatoms. The van der Waals surface area contributed by atoms with E-state index in [0.29, 0.717) is 17.5 Å². The molecule has 7 aromatic carbocycles. The number of furan rings is 1. The Balaban J connectivity index is 1.11. The van der Waals surface area contributed by atoms with Gasteiger partial charge in [0, 0.05) is 49.3 Å². The molecule has 10 aromatic rings. The first-order chi connectivity index (χ1) is 26.0. The molecule has 0 saturated carbocycles. The van der Waals surface area contributed by atoms with Gasteiger partial charge in [-0.3, -0.25) is 0 Å². The van der Waals surface area contributed by atoms with E-state index in [1.807, 2.05) is 72.8 Å². The first-order valence-electron chi connectivity index (χ1n) is 18.0. The van der Waals surface area contributed by atoms with Crippen LogP contribution in [0.5, 0.6) is 0 Å². The van der Waals surface area contributed by atoms with Crippen LogP contribution in [-0.2, 0) is 5.41 Å². The van der Waals surface area contributed by atoms with E-state index < -0.39 is 0 Å². The highest BCUT2D eigenvalue weighted by molar-refractivity contribution is 6.12. The minimum atomic E-state index is -0.0989. The van der Waals surface area contributed by atoms with E-state index in [2.05, 4.69) is 103 Å². The van der Waals surface area contributed by atoms with Crippen LogP contribution in [-0.4, -0.2) is 19.5 Å². The zero-order chi connectivity index (χ0) is 35.3. The van der Waals surface area contributed by atoms with Crippen LogP contribution in [0.3, 0.4) is 0 Å². The number of fused-ring (bicyclic) bond motifs is 9. The Kier molecular flexibility index (Phi) is 6.23. The van der Waals surface area contributed by atoms with Crippen molar-refractivity contribution in [3.63, 3.8) is 0 Å². The van der Waals surface area contributed by atoms with E-state index in [0.717, 1.165) is 44.3 Å². The van der Waals surface area contributed by atoms with Crippen LogP contribution < -0.4 is 0 Å². The molecule has 0 radical (unpaired) electrons. The van der Waals surface area contributed by atoms with Crippen LogP contribution in [0.4, 0.5) is 0 Å². The number of para-hydroxylation sites is 1. The molecule has 250 valence electrons. The van der Waals surface area contributed by atoms with Gasteiger partial charge in [-0.2, -0.15) is 0 Å². The molecular weight excluding hydrogens is 649 g/mol. The number of benzene rings is 7. The summed E-state index contributed by atoms with van der Waals surface area (Å²) in [6.07, 6.45) is 0. The third kappa shape index (κ3) is 4.47. The number of rotatable bonds is 4. The zero-order valence-electron chi connectivity index (χ0n) is 29.2. The minimum absolute atomic E-state index is 0.0989. The summed E-state index contributed by atoms with van der Waals surface area (Å²) in [6.45, 7) is 4.69. The minimum Gasteiger partial charge on any atom is -0.456 e. The lowest BCUT2D eigenvalue weighted by Gasteiger charge is -2.21. The van der Waals surface area contributed by atoms with Gasteiger partial charge in [0.1, 0.15) is 11.2 Å². The smallest absolute Gasteiger partial charge is 0.164 e. The average molecular weight is 681 g/mol. The zero-order valence-corrected chi connectivity index (χ0v) is 29.2. The van der Waals surface area contributed by atoms with Crippen molar-refractivity contribution in [3.05, 3.63) is 169 Å². The van der Waals surface area contributed by atoms with Crippen LogP contribution in [0.2, 0.25) is 0 Å². The Morgan fingerprint density at radius 3 is 1.77 bits per heavy atom. The predicted octanol–water partition coefficient (Wildman–Crippen LogP) is 12.2. The van der Waals surface area contributed by atoms with E-state index in [9.17, 15) is 0 Å². The number of aromatic nitrogens is 4. The van der Waals surface area contributed by atoms with Gasteiger partial charge in [-0.25, -0.2) is 15.0 Å². The molecule has 1 aliphatic carbocycles. The van der Waals surface area contributed by atoms with Crippen molar-refractivity contribution in [3.8, 4) is 51.0 Å². The van der Waals surface area contributed by atoms with Crippen LogP contribution in [0.15, 0.2) is 162 Å². The summed E-state index contributed by atoms with van der Waals surface area (Å²) in [5, 5.41) is 4.55. The monoisotopic (exact) mass is 680 g/mol. The van der Waals surface area contributed by atoms with Gasteiger partial charge in [0.25, 0.3) is 0 Å². The van der Waals surface area contributed by atoms with Crippen LogP contribution in [0.1, 0.15) is 25.0 Å². The van der Waals surface area contributed by atoms with Crippen molar-refractivity contribution >= 4 is 43.7 Å². The first-order valence-corrected chi connectivity index (χ1v) is 18.0. The molecule has 11 rings (SSSR count). The Morgan fingerprint density at radius 2 is 1.04 bits per heavy atom. The van der Waals surface area contributed by atoms with Crippen LogP contribution in [0, 0.1) is 0 Å². The van der Waals surface area contributed by atoms with Gasteiger partial charge >= 0.3 is 0 Å². The lowest BCUT2D eigenvalue weighted by molar-refractivity contribution is 0.661. The second kappa shape index (κ2) is 11.1. The number of hydrogen-bond acceptors (Lipinski definition) is 4. The molecule has 3 aromatic heterocycles. The maximum Gasteiger partial charge on any atom is 0.164 e. The topological polar surface area (TPSA) is 56.7 Å². The highest BCUT2D eigenvalue weighted by Gasteiger charge is 2.36. The van der Waals surface area contributed by atoms with Crippen LogP contribution >= 0.6 is 0 Å². The van der Waals surface area contributed by atoms with E-state index in [1.54, 1.807) is 0 Å². The normalized spacial score (nSPS) is 13.2. The van der Waals surface area contributed by atoms with Gasteiger partial charge in [0.05, 0.1) is 11.0 Å². The van der Waals surface area contributed by atoms with Gasteiger partial charge < -0.3 is 8.98 Å². The summed E-state index contributed by atoms with van der Waals surface area (Å²) in [5.74, 6) is 1.89. The molecule has 3 heterocycles. The van der Waals surface area contributed by atoms with E-state index in [-0.39, 0.29) is 5.41 Å². The molecule has 5 nitrogen and oxygen atoms in total. The molecule has 0 N–H and O–H groups in total. The van der Waals surface area contributed by atoms with Crippen molar-refractivity contribution in [2.24, 2.45) is 0 Å². The first kappa shape index (κ1) is 29.8. The fourth-order valence-electron chi connectivity index (χ4n) is 8.42. The SMILES string of the molecule is CC1(C)c2ccccc2-c2cc3c4ccccc4n(-c4ccc5oc6ccc(-c7nc(-c8ccccc8)nc(-c8ccccc8)n7)cc6c5c4)c3cc21. The molecule has 0 saturated heterocycles. The van der Waals surface area contributed by atoms with E-state index in [1.165, 1.54) is 44.1 Å². The molecule has 53 heavy (non-hydrogen) atoms. The Morgan fingerprint density at radius 1 is 0.434 bits per heavy atom. The van der Waals surface area contributed by atoms with Crippen molar-refractivity contribution in [2.45, 2.75) is 19.3 Å². The fraction of sp³-hybridized carbons (Fsp3) is 0.0625. The maximum absolute atomic E-state index is 6.44. The molecule has 0 amide bonds. The summed E-state index contributed by atoms with van der Waals surface area (Å²) >= 11 is 0. The standard InChI is InChI=1S/C48H32N4O/c1-48(2)39-19-11-9-17-33(39)35-27-36-34-18-10-12-20-41(34)52(42(36)28-40(35)48)32-22-24-44-38(26-32)37-25-31(21-23-43(37)53-44)47-50-45(29-13-5-3-6-14-29)49-46(51-47)30-15-7-4-8-16-30/h3-28H,1-2H3. The third-order valence-corrected chi connectivity index (χ3v) is 11.0. The van der Waals surface area contributed by atoms with E-state index >= 15 is 0 Å². The molecule has 0 fully saturated rings. The van der Waals surface area contributed by atoms with Crippen molar-refractivity contribution in [1.29, 1.82) is 0 Å². The Bertz CT molecular complexity index is 3020. The third-order valence-electron chi connectivity index (χ3n) is 11.0. The fourth-order valence-corrected chi connectivity index (χ4v) is 8.42. The molecule has 0 unspecified atom stereocenters. The summed E-state index contributed by atoms with van der Waals surface area (Å²) in [7, 11) is 0. The van der Waals surface area contributed by atoms with Crippen molar-refractivity contribution in [1.82, 2.24) is 19.5 Å².